The fourth-order valence-corrected chi connectivity index (χ4v) is 1.95. The standard InChI is InChI=1S/C16H23NO5/c1-12(16(19)20)15(13-6-4-3-5-7-13)17-14(18)8-9-22-11-10-21-2/h3-7,12,15H,8-11H2,1-2H3,(H,17,18)(H,19,20). The van der Waals surface area contributed by atoms with E-state index in [1.165, 1.54) is 0 Å². The first-order valence-electron chi connectivity index (χ1n) is 7.20. The molecule has 0 radical (unpaired) electrons. The van der Waals surface area contributed by atoms with E-state index in [0.717, 1.165) is 5.56 Å². The molecular weight excluding hydrogens is 286 g/mol. The summed E-state index contributed by atoms with van der Waals surface area (Å²) in [5, 5.41) is 12.0. The molecule has 2 unspecified atom stereocenters. The third-order valence-electron chi connectivity index (χ3n) is 3.27. The lowest BCUT2D eigenvalue weighted by Crippen LogP contribution is -2.36. The van der Waals surface area contributed by atoms with Crippen molar-refractivity contribution in [1.29, 1.82) is 0 Å². The van der Waals surface area contributed by atoms with Gasteiger partial charge in [-0.15, -0.1) is 0 Å². The third-order valence-corrected chi connectivity index (χ3v) is 3.27. The van der Waals surface area contributed by atoms with Gasteiger partial charge in [0.15, 0.2) is 0 Å². The van der Waals surface area contributed by atoms with E-state index in [-0.39, 0.29) is 18.9 Å². The van der Waals surface area contributed by atoms with Gasteiger partial charge in [0.2, 0.25) is 5.91 Å². The Bertz CT molecular complexity index is 463. The molecule has 122 valence electrons. The van der Waals surface area contributed by atoms with Gasteiger partial charge in [-0.1, -0.05) is 30.3 Å². The third kappa shape index (κ3) is 6.24. The van der Waals surface area contributed by atoms with Crippen molar-refractivity contribution in [2.45, 2.75) is 19.4 Å². The molecule has 0 aliphatic heterocycles. The molecule has 0 spiro atoms. The SMILES string of the molecule is COCCOCCC(=O)NC(c1ccccc1)C(C)C(=O)O. The number of amides is 1. The van der Waals surface area contributed by atoms with Crippen molar-refractivity contribution in [3.8, 4) is 0 Å². The maximum atomic E-state index is 12.0. The van der Waals surface area contributed by atoms with E-state index in [1.54, 1.807) is 26.2 Å². The van der Waals surface area contributed by atoms with Crippen LogP contribution in [0.25, 0.3) is 0 Å². The highest BCUT2D eigenvalue weighted by molar-refractivity contribution is 5.78. The van der Waals surface area contributed by atoms with Gasteiger partial charge in [0, 0.05) is 13.5 Å². The first-order chi connectivity index (χ1) is 10.6. The van der Waals surface area contributed by atoms with E-state index in [2.05, 4.69) is 5.32 Å². The fourth-order valence-electron chi connectivity index (χ4n) is 1.95. The van der Waals surface area contributed by atoms with Crippen LogP contribution in [-0.2, 0) is 19.1 Å². The number of rotatable bonds is 10. The van der Waals surface area contributed by atoms with Crippen LogP contribution in [0.15, 0.2) is 30.3 Å². The zero-order valence-electron chi connectivity index (χ0n) is 13.0. The van der Waals surface area contributed by atoms with Crippen LogP contribution < -0.4 is 5.32 Å². The Morgan fingerprint density at radius 2 is 1.86 bits per heavy atom. The van der Waals surface area contributed by atoms with Crippen LogP contribution in [0.3, 0.4) is 0 Å². The number of benzene rings is 1. The predicted molar refractivity (Wildman–Crippen MR) is 81.4 cm³/mol. The minimum atomic E-state index is -0.953. The number of hydrogen-bond acceptors (Lipinski definition) is 4. The molecule has 0 saturated carbocycles. The number of aliphatic carboxylic acids is 1. The van der Waals surface area contributed by atoms with Gasteiger partial charge in [-0.05, 0) is 12.5 Å². The summed E-state index contributed by atoms with van der Waals surface area (Å²) in [5.74, 6) is -1.91. The fraction of sp³-hybridized carbons (Fsp3) is 0.500. The molecular formula is C16H23NO5. The lowest BCUT2D eigenvalue weighted by molar-refractivity contribution is -0.142. The molecule has 0 aromatic heterocycles. The minimum Gasteiger partial charge on any atom is -0.481 e. The lowest BCUT2D eigenvalue weighted by Gasteiger charge is -2.23. The van der Waals surface area contributed by atoms with Gasteiger partial charge in [0.05, 0.1) is 31.8 Å². The van der Waals surface area contributed by atoms with Gasteiger partial charge in [-0.2, -0.15) is 0 Å². The number of carboxylic acids is 1. The molecule has 1 aromatic carbocycles. The second-order valence-electron chi connectivity index (χ2n) is 4.94. The zero-order chi connectivity index (χ0) is 16.4. The number of methoxy groups -OCH3 is 1. The molecule has 6 heteroatoms. The Labute approximate surface area is 130 Å². The summed E-state index contributed by atoms with van der Waals surface area (Å²) in [5.41, 5.74) is 0.769. The number of carboxylic acid groups (broad SMARTS) is 1. The van der Waals surface area contributed by atoms with Crippen molar-refractivity contribution in [3.05, 3.63) is 35.9 Å². The molecule has 0 aliphatic rings. The number of ether oxygens (including phenoxy) is 2. The number of hydrogen-bond donors (Lipinski definition) is 2. The van der Waals surface area contributed by atoms with Gasteiger partial charge >= 0.3 is 5.97 Å². The highest BCUT2D eigenvalue weighted by Crippen LogP contribution is 2.22. The quantitative estimate of drug-likeness (QED) is 0.642. The second kappa shape index (κ2) is 9.92. The molecule has 2 atom stereocenters. The van der Waals surface area contributed by atoms with Crippen LogP contribution in [0.1, 0.15) is 24.9 Å². The van der Waals surface area contributed by atoms with Crippen LogP contribution in [0.4, 0.5) is 0 Å². The van der Waals surface area contributed by atoms with Crippen LogP contribution in [0.5, 0.6) is 0 Å². The molecule has 22 heavy (non-hydrogen) atoms. The Hall–Kier alpha value is -1.92. The summed E-state index contributed by atoms with van der Waals surface area (Å²) < 4.78 is 10.1. The largest absolute Gasteiger partial charge is 0.481 e. The van der Waals surface area contributed by atoms with E-state index < -0.39 is 17.9 Å². The Balaban J connectivity index is 2.58. The maximum Gasteiger partial charge on any atom is 0.308 e. The molecule has 1 rings (SSSR count). The van der Waals surface area contributed by atoms with Crippen molar-refractivity contribution >= 4 is 11.9 Å². The van der Waals surface area contributed by atoms with Gasteiger partial charge < -0.3 is 19.9 Å². The van der Waals surface area contributed by atoms with Crippen LogP contribution >= 0.6 is 0 Å². The topological polar surface area (TPSA) is 84.9 Å². The molecule has 0 heterocycles. The Kier molecular flexibility index (Phi) is 8.17. The Morgan fingerprint density at radius 3 is 2.45 bits per heavy atom. The molecule has 2 N–H and O–H groups in total. The van der Waals surface area contributed by atoms with Crippen molar-refractivity contribution in [3.63, 3.8) is 0 Å². The molecule has 1 amide bonds. The summed E-state index contributed by atoms with van der Waals surface area (Å²) in [6.45, 7) is 2.76. The molecule has 1 aromatic rings. The van der Waals surface area contributed by atoms with E-state index >= 15 is 0 Å². The van der Waals surface area contributed by atoms with Crippen molar-refractivity contribution in [2.24, 2.45) is 5.92 Å². The van der Waals surface area contributed by atoms with Crippen molar-refractivity contribution in [1.82, 2.24) is 5.32 Å². The van der Waals surface area contributed by atoms with E-state index in [1.807, 2.05) is 18.2 Å². The lowest BCUT2D eigenvalue weighted by atomic mass is 9.94. The molecule has 0 fully saturated rings. The number of carbonyl (C=O) groups excluding carboxylic acids is 1. The number of nitrogens with one attached hydrogen (secondary N) is 1. The van der Waals surface area contributed by atoms with Gasteiger partial charge in [0.1, 0.15) is 0 Å². The zero-order valence-corrected chi connectivity index (χ0v) is 13.0. The second-order valence-corrected chi connectivity index (χ2v) is 4.94. The molecule has 0 saturated heterocycles. The maximum absolute atomic E-state index is 12.0. The van der Waals surface area contributed by atoms with E-state index in [4.69, 9.17) is 9.47 Å². The smallest absolute Gasteiger partial charge is 0.308 e. The van der Waals surface area contributed by atoms with Crippen molar-refractivity contribution < 1.29 is 24.2 Å². The highest BCUT2D eigenvalue weighted by atomic mass is 16.5. The minimum absolute atomic E-state index is 0.180. The average molecular weight is 309 g/mol. The van der Waals surface area contributed by atoms with E-state index in [0.29, 0.717) is 13.2 Å². The summed E-state index contributed by atoms with van der Waals surface area (Å²) in [6, 6.07) is 8.52. The first kappa shape index (κ1) is 18.1. The molecule has 0 bridgehead atoms. The summed E-state index contributed by atoms with van der Waals surface area (Å²) in [7, 11) is 1.58. The van der Waals surface area contributed by atoms with Gasteiger partial charge in [0.25, 0.3) is 0 Å². The monoisotopic (exact) mass is 309 g/mol. The summed E-state index contributed by atoms with van der Waals surface area (Å²) in [4.78, 5) is 23.2. The van der Waals surface area contributed by atoms with Gasteiger partial charge in [-0.3, -0.25) is 9.59 Å². The highest BCUT2D eigenvalue weighted by Gasteiger charge is 2.26. The van der Waals surface area contributed by atoms with Gasteiger partial charge in [-0.25, -0.2) is 0 Å². The molecule has 6 nitrogen and oxygen atoms in total. The van der Waals surface area contributed by atoms with Crippen LogP contribution in [0, 0.1) is 5.92 Å². The Morgan fingerprint density at radius 1 is 1.18 bits per heavy atom. The normalized spacial score (nSPS) is 13.4. The van der Waals surface area contributed by atoms with Crippen molar-refractivity contribution in [2.75, 3.05) is 26.9 Å². The summed E-state index contributed by atoms with van der Waals surface area (Å²) in [6.07, 6.45) is 0.180. The average Bonchev–Trinajstić information content (AvgIpc) is 2.52. The number of carbonyl (C=O) groups is 2. The van der Waals surface area contributed by atoms with Crippen LogP contribution in [-0.4, -0.2) is 43.9 Å². The summed E-state index contributed by atoms with van der Waals surface area (Å²) >= 11 is 0. The first-order valence-corrected chi connectivity index (χ1v) is 7.20. The van der Waals surface area contributed by atoms with E-state index in [9.17, 15) is 14.7 Å². The van der Waals surface area contributed by atoms with Crippen LogP contribution in [0.2, 0.25) is 0 Å². The predicted octanol–water partition coefficient (Wildman–Crippen LogP) is 1.62. The molecule has 0 aliphatic carbocycles.